The summed E-state index contributed by atoms with van der Waals surface area (Å²) < 4.78 is 0. The smallest absolute Gasteiger partial charge is 0.319 e. The molecule has 1 saturated carbocycles. The second-order valence-electron chi connectivity index (χ2n) is 4.00. The van der Waals surface area contributed by atoms with Crippen LogP contribution < -0.4 is 5.32 Å². The van der Waals surface area contributed by atoms with E-state index in [9.17, 15) is 9.59 Å². The first-order valence-electron chi connectivity index (χ1n) is 4.94. The summed E-state index contributed by atoms with van der Waals surface area (Å²) in [6.07, 6.45) is 0.828. The van der Waals surface area contributed by atoms with E-state index in [4.69, 9.17) is 5.11 Å². The standard InChI is InChI=1S/C10H12N2O3S/c1-5-6(2)16-9(11-5)12-7(13)10(3-4-10)8(14)15/h3-4H2,1-2H3,(H,14,15)(H,11,12,13). The van der Waals surface area contributed by atoms with Crippen LogP contribution in [-0.2, 0) is 9.59 Å². The van der Waals surface area contributed by atoms with Crippen molar-refractivity contribution in [3.63, 3.8) is 0 Å². The summed E-state index contributed by atoms with van der Waals surface area (Å²) in [5, 5.41) is 12.0. The normalized spacial score (nSPS) is 16.9. The molecule has 2 N–H and O–H groups in total. The molecule has 1 heterocycles. The van der Waals surface area contributed by atoms with Gasteiger partial charge in [0, 0.05) is 4.88 Å². The monoisotopic (exact) mass is 240 g/mol. The van der Waals surface area contributed by atoms with Crippen LogP contribution in [0.2, 0.25) is 0 Å². The van der Waals surface area contributed by atoms with Crippen molar-refractivity contribution in [3.8, 4) is 0 Å². The summed E-state index contributed by atoms with van der Waals surface area (Å²) in [5.74, 6) is -1.50. The number of amides is 1. The molecule has 1 aliphatic rings. The third-order valence-electron chi connectivity index (χ3n) is 2.84. The first-order valence-corrected chi connectivity index (χ1v) is 5.76. The maximum atomic E-state index is 11.7. The Balaban J connectivity index is 2.11. The molecule has 1 aromatic rings. The van der Waals surface area contributed by atoms with E-state index in [1.165, 1.54) is 11.3 Å². The minimum Gasteiger partial charge on any atom is -0.480 e. The molecule has 1 fully saturated rings. The second-order valence-corrected chi connectivity index (χ2v) is 5.21. The molecule has 0 saturated heterocycles. The van der Waals surface area contributed by atoms with Crippen LogP contribution in [-0.4, -0.2) is 22.0 Å². The van der Waals surface area contributed by atoms with Crippen LogP contribution in [0.1, 0.15) is 23.4 Å². The summed E-state index contributed by atoms with van der Waals surface area (Å²) in [6, 6.07) is 0. The molecule has 0 aliphatic heterocycles. The number of rotatable bonds is 3. The van der Waals surface area contributed by atoms with Crippen LogP contribution in [0.4, 0.5) is 5.13 Å². The zero-order chi connectivity index (χ0) is 11.9. The predicted octanol–water partition coefficient (Wildman–Crippen LogP) is 1.56. The third kappa shape index (κ3) is 1.69. The molecule has 5 nitrogen and oxygen atoms in total. The van der Waals surface area contributed by atoms with Gasteiger partial charge in [-0.15, -0.1) is 11.3 Å². The molecule has 0 unspecified atom stereocenters. The summed E-state index contributed by atoms with van der Waals surface area (Å²) in [5.41, 5.74) is -0.339. The molecular weight excluding hydrogens is 228 g/mol. The van der Waals surface area contributed by atoms with Gasteiger partial charge in [0.15, 0.2) is 5.13 Å². The zero-order valence-electron chi connectivity index (χ0n) is 9.03. The number of hydrogen-bond donors (Lipinski definition) is 2. The van der Waals surface area contributed by atoms with Gasteiger partial charge in [-0.05, 0) is 26.7 Å². The minimum absolute atomic E-state index is 0.414. The molecule has 0 radical (unpaired) electrons. The number of nitrogens with zero attached hydrogens (tertiary/aromatic N) is 1. The SMILES string of the molecule is Cc1nc(NC(=O)C2(C(=O)O)CC2)sc1C. The highest BCUT2D eigenvalue weighted by Crippen LogP contribution is 2.46. The Kier molecular flexibility index (Phi) is 2.46. The molecule has 0 spiro atoms. The number of aliphatic carboxylic acids is 1. The fourth-order valence-electron chi connectivity index (χ4n) is 1.41. The molecule has 0 aromatic carbocycles. The highest BCUT2D eigenvalue weighted by atomic mass is 32.1. The van der Waals surface area contributed by atoms with Crippen molar-refractivity contribution in [1.82, 2.24) is 4.98 Å². The average Bonchev–Trinajstić information content (AvgIpc) is 2.92. The first-order chi connectivity index (χ1) is 7.45. The van der Waals surface area contributed by atoms with E-state index in [1.54, 1.807) is 0 Å². The van der Waals surface area contributed by atoms with E-state index in [2.05, 4.69) is 10.3 Å². The fraction of sp³-hybridized carbons (Fsp3) is 0.500. The number of carbonyl (C=O) groups is 2. The van der Waals surface area contributed by atoms with Gasteiger partial charge >= 0.3 is 5.97 Å². The van der Waals surface area contributed by atoms with Crippen molar-refractivity contribution in [1.29, 1.82) is 0 Å². The Labute approximate surface area is 96.5 Å². The Morgan fingerprint density at radius 1 is 1.44 bits per heavy atom. The van der Waals surface area contributed by atoms with Crippen LogP contribution in [0.3, 0.4) is 0 Å². The fourth-order valence-corrected chi connectivity index (χ4v) is 2.22. The average molecular weight is 240 g/mol. The van der Waals surface area contributed by atoms with Gasteiger partial charge in [0.1, 0.15) is 5.41 Å². The van der Waals surface area contributed by atoms with Gasteiger partial charge in [-0.1, -0.05) is 0 Å². The predicted molar refractivity (Wildman–Crippen MR) is 59.5 cm³/mol. The van der Waals surface area contributed by atoms with Crippen LogP contribution in [0, 0.1) is 19.3 Å². The summed E-state index contributed by atoms with van der Waals surface area (Å²) in [4.78, 5) is 27.8. The maximum Gasteiger partial charge on any atom is 0.319 e. The van der Waals surface area contributed by atoms with Gasteiger partial charge in [0.2, 0.25) is 5.91 Å². The van der Waals surface area contributed by atoms with Gasteiger partial charge in [-0.2, -0.15) is 0 Å². The quantitative estimate of drug-likeness (QED) is 0.786. The minimum atomic E-state index is -1.20. The maximum absolute atomic E-state index is 11.7. The zero-order valence-corrected chi connectivity index (χ0v) is 9.85. The van der Waals surface area contributed by atoms with Crippen LogP contribution in [0.25, 0.3) is 0 Å². The Bertz CT molecular complexity index is 443. The van der Waals surface area contributed by atoms with Crippen LogP contribution in [0.15, 0.2) is 0 Å². The van der Waals surface area contributed by atoms with E-state index >= 15 is 0 Å². The summed E-state index contributed by atoms with van der Waals surface area (Å²) in [6.45, 7) is 3.76. The van der Waals surface area contributed by atoms with Gasteiger partial charge in [0.25, 0.3) is 0 Å². The Hall–Kier alpha value is -1.43. The number of carboxylic acids is 1. The number of hydrogen-bond acceptors (Lipinski definition) is 4. The highest BCUT2D eigenvalue weighted by molar-refractivity contribution is 7.15. The number of carboxylic acid groups (broad SMARTS) is 1. The number of carbonyl (C=O) groups excluding carboxylic acids is 1. The molecule has 1 amide bonds. The number of aromatic nitrogens is 1. The van der Waals surface area contributed by atoms with Gasteiger partial charge < -0.3 is 10.4 Å². The molecule has 0 atom stereocenters. The van der Waals surface area contributed by atoms with Gasteiger partial charge in [0.05, 0.1) is 5.69 Å². The molecule has 2 rings (SSSR count). The number of nitrogens with one attached hydrogen (secondary N) is 1. The lowest BCUT2D eigenvalue weighted by molar-refractivity contribution is -0.147. The Morgan fingerprint density at radius 3 is 2.44 bits per heavy atom. The van der Waals surface area contributed by atoms with E-state index in [0.717, 1.165) is 10.6 Å². The highest BCUT2D eigenvalue weighted by Gasteiger charge is 2.57. The lowest BCUT2D eigenvalue weighted by Gasteiger charge is -2.07. The van der Waals surface area contributed by atoms with E-state index in [-0.39, 0.29) is 0 Å². The van der Waals surface area contributed by atoms with E-state index in [0.29, 0.717) is 18.0 Å². The number of anilines is 1. The van der Waals surface area contributed by atoms with Crippen molar-refractivity contribution in [2.45, 2.75) is 26.7 Å². The number of aryl methyl sites for hydroxylation is 2. The molecular formula is C10H12N2O3S. The topological polar surface area (TPSA) is 79.3 Å². The first kappa shape index (κ1) is 11.1. The summed E-state index contributed by atoms with van der Waals surface area (Å²) >= 11 is 1.36. The molecule has 16 heavy (non-hydrogen) atoms. The second kappa shape index (κ2) is 3.55. The van der Waals surface area contributed by atoms with Crippen LogP contribution in [0.5, 0.6) is 0 Å². The molecule has 1 aromatic heterocycles. The lowest BCUT2D eigenvalue weighted by atomic mass is 10.1. The van der Waals surface area contributed by atoms with Crippen molar-refractivity contribution in [2.24, 2.45) is 5.41 Å². The largest absolute Gasteiger partial charge is 0.480 e. The lowest BCUT2D eigenvalue weighted by Crippen LogP contribution is -2.31. The number of thiazole rings is 1. The van der Waals surface area contributed by atoms with Crippen molar-refractivity contribution < 1.29 is 14.7 Å². The molecule has 6 heteroatoms. The van der Waals surface area contributed by atoms with Gasteiger partial charge in [-0.3, -0.25) is 9.59 Å². The molecule has 86 valence electrons. The van der Waals surface area contributed by atoms with Crippen molar-refractivity contribution in [3.05, 3.63) is 10.6 Å². The molecule has 1 aliphatic carbocycles. The van der Waals surface area contributed by atoms with E-state index < -0.39 is 17.3 Å². The van der Waals surface area contributed by atoms with Crippen LogP contribution >= 0.6 is 11.3 Å². The Morgan fingerprint density at radius 2 is 2.06 bits per heavy atom. The van der Waals surface area contributed by atoms with Gasteiger partial charge in [-0.25, -0.2) is 4.98 Å². The molecule has 0 bridgehead atoms. The van der Waals surface area contributed by atoms with Crippen molar-refractivity contribution in [2.75, 3.05) is 5.32 Å². The third-order valence-corrected chi connectivity index (χ3v) is 3.83. The van der Waals surface area contributed by atoms with E-state index in [1.807, 2.05) is 13.8 Å². The summed E-state index contributed by atoms with van der Waals surface area (Å²) in [7, 11) is 0. The van der Waals surface area contributed by atoms with Crippen molar-refractivity contribution >= 4 is 28.3 Å².